The Hall–Kier alpha value is -1.41. The molecular weight excluding hydrogens is 431 g/mol. The maximum atomic E-state index is 13.3. The number of hydrogen-bond acceptors (Lipinski definition) is 4. The van der Waals surface area contributed by atoms with Gasteiger partial charge in [0.1, 0.15) is 0 Å². The van der Waals surface area contributed by atoms with Gasteiger partial charge in [-0.05, 0) is 43.3 Å². The fourth-order valence-electron chi connectivity index (χ4n) is 4.04. The molecule has 164 valence electrons. The van der Waals surface area contributed by atoms with Crippen LogP contribution in [-0.2, 0) is 6.18 Å². The van der Waals surface area contributed by atoms with Crippen LogP contribution in [0.1, 0.15) is 12.5 Å². The Morgan fingerprint density at radius 1 is 0.933 bits per heavy atom. The zero-order chi connectivity index (χ0) is 20.6. The normalized spacial score (nSPS) is 18.4. The molecule has 0 aromatic heterocycles. The minimum absolute atomic E-state index is 0. The van der Waals surface area contributed by atoms with Gasteiger partial charge in [0.2, 0.25) is 0 Å². The van der Waals surface area contributed by atoms with Crippen molar-refractivity contribution in [3.05, 3.63) is 48.0 Å². The van der Waals surface area contributed by atoms with Crippen molar-refractivity contribution in [3.63, 3.8) is 0 Å². The van der Waals surface area contributed by atoms with Crippen molar-refractivity contribution in [2.24, 2.45) is 5.92 Å². The smallest absolute Gasteiger partial charge is 0.339 e. The third-order valence-electron chi connectivity index (χ3n) is 5.61. The third-order valence-corrected chi connectivity index (χ3v) is 6.74. The molecule has 0 radical (unpaired) electrons. The number of anilines is 2. The van der Waals surface area contributed by atoms with Gasteiger partial charge in [0, 0.05) is 49.1 Å². The summed E-state index contributed by atoms with van der Waals surface area (Å²) in [4.78, 5) is 8.84. The Balaban J connectivity index is 0.00000256. The van der Waals surface area contributed by atoms with Crippen LogP contribution in [0.15, 0.2) is 52.3 Å². The van der Waals surface area contributed by atoms with Gasteiger partial charge < -0.3 is 14.7 Å². The monoisotopic (exact) mass is 457 g/mol. The number of hydrogen-bond donors (Lipinski definition) is 0. The van der Waals surface area contributed by atoms with Crippen LogP contribution < -0.4 is 4.90 Å². The highest BCUT2D eigenvalue weighted by Gasteiger charge is 2.33. The number of nitrogens with zero attached hydrogens (tertiary/aromatic N) is 3. The molecule has 2 aliphatic rings. The van der Waals surface area contributed by atoms with E-state index in [2.05, 4.69) is 28.7 Å². The zero-order valence-electron chi connectivity index (χ0n) is 17.2. The average Bonchev–Trinajstić information content (AvgIpc) is 2.68. The molecule has 0 spiro atoms. The van der Waals surface area contributed by atoms with Crippen molar-refractivity contribution in [2.75, 3.05) is 51.2 Å². The molecule has 4 rings (SSSR count). The first-order chi connectivity index (χ1) is 13.8. The van der Waals surface area contributed by atoms with E-state index in [1.165, 1.54) is 12.1 Å². The van der Waals surface area contributed by atoms with Crippen LogP contribution in [0.3, 0.4) is 0 Å². The maximum absolute atomic E-state index is 13.3. The summed E-state index contributed by atoms with van der Waals surface area (Å²) < 4.78 is 40.0. The van der Waals surface area contributed by atoms with Crippen LogP contribution in [0.4, 0.5) is 24.5 Å². The first-order valence-electron chi connectivity index (χ1n) is 9.98. The van der Waals surface area contributed by atoms with Crippen molar-refractivity contribution in [3.8, 4) is 0 Å². The van der Waals surface area contributed by atoms with Crippen LogP contribution in [0.25, 0.3) is 0 Å². The molecular formula is C22H27ClF3N3S. The SMILES string of the molecule is CC(CN1CCN(C)CC1)CN1c2ccccc2Sc2ccc(C(F)(F)F)cc21.Cl. The molecule has 2 aromatic carbocycles. The Kier molecular flexibility index (Phi) is 7.28. The molecule has 1 saturated heterocycles. The highest BCUT2D eigenvalue weighted by molar-refractivity contribution is 7.99. The molecule has 0 aliphatic carbocycles. The number of para-hydroxylation sites is 1. The number of fused-ring (bicyclic) bond motifs is 2. The van der Waals surface area contributed by atoms with Crippen LogP contribution in [-0.4, -0.2) is 56.1 Å². The quantitative estimate of drug-likeness (QED) is 0.589. The molecule has 2 aliphatic heterocycles. The van der Waals surface area contributed by atoms with Crippen molar-refractivity contribution in [2.45, 2.75) is 22.9 Å². The minimum atomic E-state index is -4.34. The molecule has 2 aromatic rings. The molecule has 30 heavy (non-hydrogen) atoms. The predicted octanol–water partition coefficient (Wildman–Crippen LogP) is 5.61. The van der Waals surface area contributed by atoms with Gasteiger partial charge >= 0.3 is 6.18 Å². The van der Waals surface area contributed by atoms with E-state index in [0.29, 0.717) is 18.2 Å². The van der Waals surface area contributed by atoms with Gasteiger partial charge in [-0.2, -0.15) is 13.2 Å². The van der Waals surface area contributed by atoms with Crippen LogP contribution in [0.5, 0.6) is 0 Å². The number of alkyl halides is 3. The predicted molar refractivity (Wildman–Crippen MR) is 119 cm³/mol. The van der Waals surface area contributed by atoms with E-state index in [0.717, 1.165) is 48.2 Å². The van der Waals surface area contributed by atoms with Gasteiger partial charge in [0.05, 0.1) is 16.9 Å². The van der Waals surface area contributed by atoms with Crippen LogP contribution in [0.2, 0.25) is 0 Å². The van der Waals surface area contributed by atoms with Gasteiger partial charge in [0.15, 0.2) is 0 Å². The first-order valence-corrected chi connectivity index (χ1v) is 10.8. The zero-order valence-corrected chi connectivity index (χ0v) is 18.8. The summed E-state index contributed by atoms with van der Waals surface area (Å²) in [5, 5.41) is 0. The van der Waals surface area contributed by atoms with Crippen LogP contribution >= 0.6 is 24.2 Å². The van der Waals surface area contributed by atoms with Gasteiger partial charge in [-0.25, -0.2) is 0 Å². The van der Waals surface area contributed by atoms with Crippen molar-refractivity contribution in [1.29, 1.82) is 0 Å². The molecule has 0 saturated carbocycles. The summed E-state index contributed by atoms with van der Waals surface area (Å²) in [5.74, 6) is 0.331. The highest BCUT2D eigenvalue weighted by atomic mass is 35.5. The lowest BCUT2D eigenvalue weighted by atomic mass is 10.1. The Morgan fingerprint density at radius 3 is 2.30 bits per heavy atom. The molecule has 1 unspecified atom stereocenters. The molecule has 0 amide bonds. The summed E-state index contributed by atoms with van der Waals surface area (Å²) in [6.07, 6.45) is -4.34. The van der Waals surface area contributed by atoms with E-state index < -0.39 is 11.7 Å². The van der Waals surface area contributed by atoms with E-state index in [1.54, 1.807) is 17.8 Å². The molecule has 2 heterocycles. The second-order valence-corrected chi connectivity index (χ2v) is 9.15. The maximum Gasteiger partial charge on any atom is 0.416 e. The molecule has 0 bridgehead atoms. The van der Waals surface area contributed by atoms with E-state index in [4.69, 9.17) is 0 Å². The summed E-state index contributed by atoms with van der Waals surface area (Å²) >= 11 is 1.54. The van der Waals surface area contributed by atoms with Crippen molar-refractivity contribution >= 4 is 35.5 Å². The summed E-state index contributed by atoms with van der Waals surface area (Å²) in [6.45, 7) is 8.05. The van der Waals surface area contributed by atoms with Crippen molar-refractivity contribution < 1.29 is 13.2 Å². The minimum Gasteiger partial charge on any atom is -0.339 e. The number of likely N-dealkylation sites (N-methyl/N-ethyl adjacent to an activating group) is 1. The van der Waals surface area contributed by atoms with E-state index >= 15 is 0 Å². The lowest BCUT2D eigenvalue weighted by Gasteiger charge is -2.38. The highest BCUT2D eigenvalue weighted by Crippen LogP contribution is 2.49. The van der Waals surface area contributed by atoms with Gasteiger partial charge in [0.25, 0.3) is 0 Å². The van der Waals surface area contributed by atoms with Gasteiger partial charge in [-0.15, -0.1) is 12.4 Å². The summed E-state index contributed by atoms with van der Waals surface area (Å²) in [7, 11) is 2.14. The van der Waals surface area contributed by atoms with Crippen LogP contribution in [0, 0.1) is 5.92 Å². The van der Waals surface area contributed by atoms with E-state index in [1.807, 2.05) is 24.3 Å². The van der Waals surface area contributed by atoms with Gasteiger partial charge in [-0.1, -0.05) is 30.8 Å². The fourth-order valence-corrected chi connectivity index (χ4v) is 5.12. The second-order valence-electron chi connectivity index (χ2n) is 8.07. The lowest BCUT2D eigenvalue weighted by Crippen LogP contribution is -2.46. The summed E-state index contributed by atoms with van der Waals surface area (Å²) in [5.41, 5.74) is 1.07. The second kappa shape index (κ2) is 9.39. The molecule has 3 nitrogen and oxygen atoms in total. The van der Waals surface area contributed by atoms with Crippen molar-refractivity contribution in [1.82, 2.24) is 9.80 Å². The Morgan fingerprint density at radius 2 is 1.60 bits per heavy atom. The van der Waals surface area contributed by atoms with E-state index in [-0.39, 0.29) is 12.4 Å². The Bertz CT molecular complexity index is 869. The van der Waals surface area contributed by atoms with Gasteiger partial charge in [-0.3, -0.25) is 0 Å². The first kappa shape index (κ1) is 23.3. The molecule has 0 N–H and O–H groups in total. The number of benzene rings is 2. The average molecular weight is 458 g/mol. The fraction of sp³-hybridized carbons (Fsp3) is 0.455. The van der Waals surface area contributed by atoms with E-state index in [9.17, 15) is 13.2 Å². The molecule has 1 atom stereocenters. The lowest BCUT2D eigenvalue weighted by molar-refractivity contribution is -0.137. The molecule has 1 fully saturated rings. The number of halogens is 4. The number of piperazine rings is 1. The largest absolute Gasteiger partial charge is 0.416 e. The molecule has 8 heteroatoms. The standard InChI is InChI=1S/C22H26F3N3S.ClH/c1-16(14-27-11-9-26(2)10-12-27)15-28-18-5-3-4-6-20(18)29-21-8-7-17(13-19(21)28)22(23,24)25;/h3-8,13,16H,9-12,14-15H2,1-2H3;1H. The topological polar surface area (TPSA) is 9.72 Å². The summed E-state index contributed by atoms with van der Waals surface area (Å²) in [6, 6.07) is 12.1. The number of rotatable bonds is 4. The Labute approximate surface area is 186 Å². The third kappa shape index (κ3) is 5.07.